The van der Waals surface area contributed by atoms with E-state index in [9.17, 15) is 0 Å². The number of benzene rings is 10. The molecular formula is C52H35N. The summed E-state index contributed by atoms with van der Waals surface area (Å²) in [7, 11) is 0. The maximum absolute atomic E-state index is 2.39. The molecule has 1 nitrogen and oxygen atoms in total. The summed E-state index contributed by atoms with van der Waals surface area (Å²) in [5, 5.41) is 10.2. The second-order valence-electron chi connectivity index (χ2n) is 13.7. The van der Waals surface area contributed by atoms with Gasteiger partial charge in [-0.15, -0.1) is 0 Å². The van der Waals surface area contributed by atoms with Crippen LogP contribution in [0.3, 0.4) is 0 Å². The fourth-order valence-corrected chi connectivity index (χ4v) is 8.02. The summed E-state index contributed by atoms with van der Waals surface area (Å²) < 4.78 is 0. The quantitative estimate of drug-likeness (QED) is 0.159. The third-order valence-corrected chi connectivity index (χ3v) is 10.6. The molecule has 0 radical (unpaired) electrons. The lowest BCUT2D eigenvalue weighted by Crippen LogP contribution is -2.11. The molecule has 0 N–H and O–H groups in total. The molecule has 0 saturated heterocycles. The lowest BCUT2D eigenvalue weighted by atomic mass is 9.91. The average molecular weight is 674 g/mol. The molecule has 0 amide bonds. The fraction of sp³-hybridized carbons (Fsp3) is 0. The van der Waals surface area contributed by atoms with Crippen molar-refractivity contribution in [2.45, 2.75) is 0 Å². The van der Waals surface area contributed by atoms with Crippen molar-refractivity contribution in [3.05, 3.63) is 212 Å². The molecule has 0 aliphatic heterocycles. The number of fused-ring (bicyclic) bond motifs is 6. The lowest BCUT2D eigenvalue weighted by Gasteiger charge is -2.28. The van der Waals surface area contributed by atoms with Crippen molar-refractivity contribution in [1.29, 1.82) is 0 Å². The largest absolute Gasteiger partial charge is 0.310 e. The molecule has 53 heavy (non-hydrogen) atoms. The van der Waals surface area contributed by atoms with Gasteiger partial charge in [-0.3, -0.25) is 0 Å². The van der Waals surface area contributed by atoms with E-state index < -0.39 is 0 Å². The SMILES string of the molecule is c1ccc(-c2ccccc2N(c2ccc(-c3ccc4ccccc4c3)cc2)c2ccc(-c3cc4c5ccccc5ccc4c4ccccc34)cc2)cc1. The van der Waals surface area contributed by atoms with Crippen LogP contribution in [0.5, 0.6) is 0 Å². The molecule has 1 heteroatoms. The summed E-state index contributed by atoms with van der Waals surface area (Å²) in [6.07, 6.45) is 0. The number of nitrogens with zero attached hydrogens (tertiary/aromatic N) is 1. The number of anilines is 3. The molecule has 0 aromatic heterocycles. The van der Waals surface area contributed by atoms with Crippen LogP contribution in [0.2, 0.25) is 0 Å². The summed E-state index contributed by atoms with van der Waals surface area (Å²) >= 11 is 0. The maximum atomic E-state index is 2.39. The summed E-state index contributed by atoms with van der Waals surface area (Å²) in [6.45, 7) is 0. The van der Waals surface area contributed by atoms with Crippen LogP contribution in [0.25, 0.3) is 76.5 Å². The molecule has 0 bridgehead atoms. The van der Waals surface area contributed by atoms with Gasteiger partial charge in [-0.2, -0.15) is 0 Å². The van der Waals surface area contributed by atoms with Gasteiger partial charge in [0.2, 0.25) is 0 Å². The van der Waals surface area contributed by atoms with Gasteiger partial charge >= 0.3 is 0 Å². The first-order chi connectivity index (χ1) is 26.3. The van der Waals surface area contributed by atoms with E-state index in [1.165, 1.54) is 76.5 Å². The Balaban J connectivity index is 1.11. The van der Waals surface area contributed by atoms with Gasteiger partial charge in [-0.25, -0.2) is 0 Å². The Morgan fingerprint density at radius 1 is 0.245 bits per heavy atom. The van der Waals surface area contributed by atoms with Gasteiger partial charge in [-0.1, -0.05) is 170 Å². The normalized spacial score (nSPS) is 11.4. The number of rotatable bonds is 6. The Morgan fingerprint density at radius 3 is 1.55 bits per heavy atom. The topological polar surface area (TPSA) is 3.24 Å². The smallest absolute Gasteiger partial charge is 0.0540 e. The van der Waals surface area contributed by atoms with Crippen molar-refractivity contribution in [3.8, 4) is 33.4 Å². The first kappa shape index (κ1) is 30.8. The van der Waals surface area contributed by atoms with E-state index in [0.29, 0.717) is 0 Å². The van der Waals surface area contributed by atoms with Crippen LogP contribution in [-0.2, 0) is 0 Å². The predicted octanol–water partition coefficient (Wildman–Crippen LogP) is 14.8. The zero-order valence-corrected chi connectivity index (χ0v) is 29.2. The summed E-state index contributed by atoms with van der Waals surface area (Å²) in [6, 6.07) is 77.2. The molecule has 10 rings (SSSR count). The van der Waals surface area contributed by atoms with Crippen LogP contribution < -0.4 is 4.90 Å². The van der Waals surface area contributed by atoms with Crippen LogP contribution in [0.1, 0.15) is 0 Å². The molecule has 0 spiro atoms. The van der Waals surface area contributed by atoms with Crippen LogP contribution in [0, 0.1) is 0 Å². The standard InChI is InChI=1S/C52H35N/c1-2-13-38(14-3-1)46-18-10-11-21-52(46)53(43-29-24-37(25-30-43)42-23-22-36-12-4-5-16-41(36)34-42)44-31-26-40(27-32-44)50-35-51-45-17-7-6-15-39(45)28-33-49(51)47-19-8-9-20-48(47)50/h1-35H. The Bertz CT molecular complexity index is 2920. The van der Waals surface area contributed by atoms with Gasteiger partial charge in [0.1, 0.15) is 0 Å². The van der Waals surface area contributed by atoms with Crippen molar-refractivity contribution < 1.29 is 0 Å². The average Bonchev–Trinajstić information content (AvgIpc) is 3.24. The molecule has 0 atom stereocenters. The van der Waals surface area contributed by atoms with E-state index in [4.69, 9.17) is 0 Å². The number of hydrogen-bond donors (Lipinski definition) is 0. The van der Waals surface area contributed by atoms with Crippen molar-refractivity contribution in [2.75, 3.05) is 4.90 Å². The van der Waals surface area contributed by atoms with Gasteiger partial charge in [0.15, 0.2) is 0 Å². The molecule has 10 aromatic carbocycles. The Kier molecular flexibility index (Phi) is 7.55. The van der Waals surface area contributed by atoms with Crippen molar-refractivity contribution in [3.63, 3.8) is 0 Å². The molecule has 0 fully saturated rings. The molecule has 248 valence electrons. The minimum absolute atomic E-state index is 1.10. The Morgan fingerprint density at radius 2 is 0.774 bits per heavy atom. The van der Waals surface area contributed by atoms with E-state index in [1.807, 2.05) is 0 Å². The highest BCUT2D eigenvalue weighted by molar-refractivity contribution is 6.21. The number of hydrogen-bond acceptors (Lipinski definition) is 1. The summed E-state index contributed by atoms with van der Waals surface area (Å²) in [5.41, 5.74) is 10.6. The minimum atomic E-state index is 1.10. The van der Waals surface area contributed by atoms with E-state index >= 15 is 0 Å². The third kappa shape index (κ3) is 5.51. The summed E-state index contributed by atoms with van der Waals surface area (Å²) in [4.78, 5) is 2.39. The summed E-state index contributed by atoms with van der Waals surface area (Å²) in [5.74, 6) is 0. The zero-order valence-electron chi connectivity index (χ0n) is 29.2. The first-order valence-corrected chi connectivity index (χ1v) is 18.3. The van der Waals surface area contributed by atoms with E-state index in [2.05, 4.69) is 217 Å². The maximum Gasteiger partial charge on any atom is 0.0540 e. The highest BCUT2D eigenvalue weighted by atomic mass is 15.1. The Hall–Kier alpha value is -6.96. The molecule has 10 aromatic rings. The number of para-hydroxylation sites is 1. The highest BCUT2D eigenvalue weighted by Crippen LogP contribution is 2.43. The van der Waals surface area contributed by atoms with Crippen LogP contribution in [-0.4, -0.2) is 0 Å². The Labute approximate surface area is 309 Å². The van der Waals surface area contributed by atoms with Gasteiger partial charge in [-0.05, 0) is 113 Å². The lowest BCUT2D eigenvalue weighted by molar-refractivity contribution is 1.28. The molecule has 0 heterocycles. The van der Waals surface area contributed by atoms with E-state index in [0.717, 1.165) is 17.1 Å². The second kappa shape index (κ2) is 13.0. The van der Waals surface area contributed by atoms with Crippen molar-refractivity contribution in [2.24, 2.45) is 0 Å². The van der Waals surface area contributed by atoms with Crippen LogP contribution in [0.4, 0.5) is 17.1 Å². The van der Waals surface area contributed by atoms with Gasteiger partial charge in [0.25, 0.3) is 0 Å². The van der Waals surface area contributed by atoms with Crippen LogP contribution in [0.15, 0.2) is 212 Å². The van der Waals surface area contributed by atoms with E-state index in [-0.39, 0.29) is 0 Å². The zero-order chi connectivity index (χ0) is 35.1. The van der Waals surface area contributed by atoms with Crippen molar-refractivity contribution in [1.82, 2.24) is 0 Å². The fourth-order valence-electron chi connectivity index (χ4n) is 8.02. The highest BCUT2D eigenvalue weighted by Gasteiger charge is 2.18. The van der Waals surface area contributed by atoms with Crippen molar-refractivity contribution >= 4 is 60.2 Å². The molecule has 0 saturated carbocycles. The van der Waals surface area contributed by atoms with E-state index in [1.54, 1.807) is 0 Å². The van der Waals surface area contributed by atoms with Gasteiger partial charge in [0.05, 0.1) is 5.69 Å². The second-order valence-corrected chi connectivity index (χ2v) is 13.7. The minimum Gasteiger partial charge on any atom is -0.310 e. The van der Waals surface area contributed by atoms with Gasteiger partial charge < -0.3 is 4.90 Å². The third-order valence-electron chi connectivity index (χ3n) is 10.6. The molecule has 0 aliphatic rings. The monoisotopic (exact) mass is 673 g/mol. The predicted molar refractivity (Wildman–Crippen MR) is 227 cm³/mol. The van der Waals surface area contributed by atoms with Gasteiger partial charge in [0, 0.05) is 16.9 Å². The molecular weight excluding hydrogens is 639 g/mol. The molecule has 0 aliphatic carbocycles. The molecule has 0 unspecified atom stereocenters. The van der Waals surface area contributed by atoms with Crippen LogP contribution >= 0.6 is 0 Å². The first-order valence-electron chi connectivity index (χ1n) is 18.3.